The normalized spacial score (nSPS) is 39.2. The van der Waals surface area contributed by atoms with Crippen LogP contribution in [0.3, 0.4) is 0 Å². The van der Waals surface area contributed by atoms with E-state index in [0.717, 1.165) is 38.5 Å². The van der Waals surface area contributed by atoms with Crippen molar-refractivity contribution in [3.63, 3.8) is 0 Å². The molecule has 0 bridgehead atoms. The Morgan fingerprint density at radius 2 is 2.16 bits per heavy atom. The summed E-state index contributed by atoms with van der Waals surface area (Å²) in [6.07, 6.45) is 5.81. The lowest BCUT2D eigenvalue weighted by Crippen LogP contribution is -2.48. The van der Waals surface area contributed by atoms with Crippen LogP contribution in [0.15, 0.2) is 18.2 Å². The van der Waals surface area contributed by atoms with Gasteiger partial charge in [-0.15, -0.1) is 0 Å². The zero-order valence-corrected chi connectivity index (χ0v) is 15.2. The maximum Gasteiger partial charge on any atom is 0.404 e. The van der Waals surface area contributed by atoms with E-state index in [0.29, 0.717) is 29.4 Å². The summed E-state index contributed by atoms with van der Waals surface area (Å²) >= 11 is 0. The molecule has 4 rings (SSSR count). The van der Waals surface area contributed by atoms with Gasteiger partial charge >= 0.3 is 6.09 Å². The zero-order chi connectivity index (χ0) is 17.8. The number of fused-ring (bicyclic) bond motifs is 5. The number of nitrogens with two attached hydrogens (primary N) is 1. The van der Waals surface area contributed by atoms with E-state index in [9.17, 15) is 9.90 Å². The third-order valence-corrected chi connectivity index (χ3v) is 7.58. The van der Waals surface area contributed by atoms with E-state index in [1.807, 2.05) is 12.1 Å². The van der Waals surface area contributed by atoms with Crippen LogP contribution in [0.1, 0.15) is 63.0 Å². The van der Waals surface area contributed by atoms with Crippen molar-refractivity contribution in [3.05, 3.63) is 29.3 Å². The standard InChI is InChI=1S/C21H29NO3/c1-3-12-10-13-11-14(23)4-5-15(13)16-8-9-21(2)17(19(12)16)6-7-18(21)25-20(22)24/h4-5,11-12,16-19,23H,3,6-10H2,1-2H3,(H2,22,24). The van der Waals surface area contributed by atoms with Gasteiger partial charge in [0.05, 0.1) is 0 Å². The van der Waals surface area contributed by atoms with Gasteiger partial charge in [0.1, 0.15) is 11.9 Å². The molecule has 6 atom stereocenters. The number of phenolic OH excluding ortho intramolecular Hbond substituents is 1. The van der Waals surface area contributed by atoms with Gasteiger partial charge in [-0.05, 0) is 79.0 Å². The summed E-state index contributed by atoms with van der Waals surface area (Å²) in [6.45, 7) is 4.60. The lowest BCUT2D eigenvalue weighted by Gasteiger charge is -2.53. The fourth-order valence-electron chi connectivity index (χ4n) is 6.47. The summed E-state index contributed by atoms with van der Waals surface area (Å²) < 4.78 is 5.52. The SMILES string of the molecule is CCC1Cc2cc(O)ccc2C2CCC3(C)C(OC(N)=O)CCC3C12. The monoisotopic (exact) mass is 343 g/mol. The molecule has 3 aliphatic carbocycles. The van der Waals surface area contributed by atoms with Gasteiger partial charge in [-0.1, -0.05) is 26.3 Å². The molecule has 0 radical (unpaired) electrons. The smallest absolute Gasteiger partial charge is 0.404 e. The number of carbonyl (C=O) groups excluding carboxylic acids is 1. The molecule has 3 aliphatic rings. The Balaban J connectivity index is 1.70. The summed E-state index contributed by atoms with van der Waals surface area (Å²) in [5.41, 5.74) is 8.16. The van der Waals surface area contributed by atoms with Crippen LogP contribution in [0.2, 0.25) is 0 Å². The quantitative estimate of drug-likeness (QED) is 0.838. The first-order valence-electron chi connectivity index (χ1n) is 9.72. The number of phenols is 1. The van der Waals surface area contributed by atoms with Gasteiger partial charge in [-0.2, -0.15) is 0 Å². The first-order chi connectivity index (χ1) is 11.9. The average Bonchev–Trinajstić information content (AvgIpc) is 2.89. The number of aromatic hydroxyl groups is 1. The van der Waals surface area contributed by atoms with E-state index in [-0.39, 0.29) is 11.5 Å². The molecular formula is C21H29NO3. The van der Waals surface area contributed by atoms with E-state index in [4.69, 9.17) is 10.5 Å². The highest BCUT2D eigenvalue weighted by atomic mass is 16.6. The molecule has 136 valence electrons. The lowest BCUT2D eigenvalue weighted by molar-refractivity contribution is -0.0431. The Morgan fingerprint density at radius 1 is 1.36 bits per heavy atom. The number of primary amides is 1. The minimum absolute atomic E-state index is 0.0327. The minimum Gasteiger partial charge on any atom is -0.508 e. The van der Waals surface area contributed by atoms with Crippen LogP contribution in [0, 0.1) is 23.2 Å². The van der Waals surface area contributed by atoms with Crippen LogP contribution in [0.25, 0.3) is 0 Å². The molecule has 0 heterocycles. The van der Waals surface area contributed by atoms with Crippen molar-refractivity contribution in [1.29, 1.82) is 0 Å². The van der Waals surface area contributed by atoms with Crippen molar-refractivity contribution in [1.82, 2.24) is 0 Å². The Labute approximate surface area is 149 Å². The Kier molecular flexibility index (Phi) is 3.97. The van der Waals surface area contributed by atoms with Gasteiger partial charge in [-0.25, -0.2) is 4.79 Å². The molecule has 2 saturated carbocycles. The molecule has 0 saturated heterocycles. The van der Waals surface area contributed by atoms with Gasteiger partial charge < -0.3 is 15.6 Å². The fourth-order valence-corrected chi connectivity index (χ4v) is 6.47. The molecule has 4 heteroatoms. The van der Waals surface area contributed by atoms with Crippen LogP contribution < -0.4 is 5.73 Å². The number of ether oxygens (including phenoxy) is 1. The lowest BCUT2D eigenvalue weighted by atomic mass is 9.52. The highest BCUT2D eigenvalue weighted by Crippen LogP contribution is 2.63. The summed E-state index contributed by atoms with van der Waals surface area (Å²) in [6, 6.07) is 5.95. The third-order valence-electron chi connectivity index (χ3n) is 7.58. The van der Waals surface area contributed by atoms with Crippen LogP contribution in [-0.4, -0.2) is 17.3 Å². The van der Waals surface area contributed by atoms with Crippen LogP contribution in [0.5, 0.6) is 5.75 Å². The number of benzene rings is 1. The molecule has 25 heavy (non-hydrogen) atoms. The summed E-state index contributed by atoms with van der Waals surface area (Å²) in [4.78, 5) is 11.3. The molecular weight excluding hydrogens is 314 g/mol. The molecule has 4 nitrogen and oxygen atoms in total. The van der Waals surface area contributed by atoms with Gasteiger partial charge in [-0.3, -0.25) is 0 Å². The predicted molar refractivity (Wildman–Crippen MR) is 96.3 cm³/mol. The Morgan fingerprint density at radius 3 is 2.88 bits per heavy atom. The Hall–Kier alpha value is -1.71. The van der Waals surface area contributed by atoms with Crippen LogP contribution in [0.4, 0.5) is 4.79 Å². The van der Waals surface area contributed by atoms with Gasteiger partial charge in [0, 0.05) is 5.41 Å². The van der Waals surface area contributed by atoms with E-state index in [1.165, 1.54) is 11.1 Å². The number of hydrogen-bond acceptors (Lipinski definition) is 3. The number of carbonyl (C=O) groups is 1. The van der Waals surface area contributed by atoms with Crippen molar-refractivity contribution in [2.24, 2.45) is 28.9 Å². The number of rotatable bonds is 2. The predicted octanol–water partition coefficient (Wildman–Crippen LogP) is 4.35. The fraction of sp³-hybridized carbons (Fsp3) is 0.667. The molecule has 2 fully saturated rings. The molecule has 0 aromatic heterocycles. The van der Waals surface area contributed by atoms with Gasteiger partial charge in [0.2, 0.25) is 0 Å². The summed E-state index contributed by atoms with van der Waals surface area (Å²) in [7, 11) is 0. The maximum atomic E-state index is 11.3. The second kappa shape index (κ2) is 5.93. The first kappa shape index (κ1) is 16.7. The number of amides is 1. The van der Waals surface area contributed by atoms with Crippen molar-refractivity contribution in [2.75, 3.05) is 0 Å². The molecule has 1 aromatic carbocycles. The van der Waals surface area contributed by atoms with Crippen LogP contribution in [-0.2, 0) is 11.2 Å². The van der Waals surface area contributed by atoms with Gasteiger partial charge in [0.15, 0.2) is 0 Å². The largest absolute Gasteiger partial charge is 0.508 e. The molecule has 0 spiro atoms. The second-order valence-electron chi connectivity index (χ2n) is 8.59. The third kappa shape index (κ3) is 2.52. The molecule has 1 aromatic rings. The number of hydrogen-bond donors (Lipinski definition) is 2. The highest BCUT2D eigenvalue weighted by molar-refractivity contribution is 5.65. The van der Waals surface area contributed by atoms with Crippen LogP contribution >= 0.6 is 0 Å². The topological polar surface area (TPSA) is 72.6 Å². The highest BCUT2D eigenvalue weighted by Gasteiger charge is 2.57. The first-order valence-corrected chi connectivity index (χ1v) is 9.72. The minimum atomic E-state index is -0.634. The van der Waals surface area contributed by atoms with Crippen molar-refractivity contribution < 1.29 is 14.6 Å². The molecule has 1 amide bonds. The zero-order valence-electron chi connectivity index (χ0n) is 15.2. The second-order valence-corrected chi connectivity index (χ2v) is 8.59. The Bertz CT molecular complexity index is 688. The van der Waals surface area contributed by atoms with E-state index in [1.54, 1.807) is 0 Å². The van der Waals surface area contributed by atoms with E-state index >= 15 is 0 Å². The molecule has 0 aliphatic heterocycles. The molecule has 3 N–H and O–H groups in total. The van der Waals surface area contributed by atoms with Gasteiger partial charge in [0.25, 0.3) is 0 Å². The van der Waals surface area contributed by atoms with E-state index < -0.39 is 6.09 Å². The maximum absolute atomic E-state index is 11.3. The van der Waals surface area contributed by atoms with Crippen molar-refractivity contribution in [3.8, 4) is 5.75 Å². The van der Waals surface area contributed by atoms with Crippen molar-refractivity contribution in [2.45, 2.75) is 64.4 Å². The summed E-state index contributed by atoms with van der Waals surface area (Å²) in [5, 5.41) is 9.89. The molecule has 6 unspecified atom stereocenters. The van der Waals surface area contributed by atoms with E-state index in [2.05, 4.69) is 19.9 Å². The van der Waals surface area contributed by atoms with Crippen molar-refractivity contribution >= 4 is 6.09 Å². The average molecular weight is 343 g/mol. The summed E-state index contributed by atoms with van der Waals surface area (Å²) in [5.74, 6) is 2.81.